The van der Waals surface area contributed by atoms with E-state index in [1.165, 1.54) is 6.92 Å². The predicted molar refractivity (Wildman–Crippen MR) is 62.8 cm³/mol. The summed E-state index contributed by atoms with van der Waals surface area (Å²) in [4.78, 5) is 14.4. The molecule has 0 bridgehead atoms. The van der Waals surface area contributed by atoms with Crippen LogP contribution in [-0.4, -0.2) is 31.0 Å². The number of esters is 1. The Morgan fingerprint density at radius 2 is 1.83 bits per heavy atom. The average Bonchev–Trinajstić information content (AvgIpc) is 2.34. The summed E-state index contributed by atoms with van der Waals surface area (Å²) in [6.45, 7) is 1.47. The molecule has 0 N–H and O–H groups in total. The van der Waals surface area contributed by atoms with Crippen LogP contribution in [0.2, 0.25) is 0 Å². The molecule has 1 aromatic heterocycles. The first-order valence-corrected chi connectivity index (χ1v) is 6.04. The van der Waals surface area contributed by atoms with Crippen LogP contribution in [0.4, 0.5) is 26.3 Å². The fourth-order valence-corrected chi connectivity index (χ4v) is 1.60. The number of hydrogen-bond acceptors (Lipinski definition) is 5. The minimum absolute atomic E-state index is 0.0114. The maximum atomic E-state index is 12.9. The second-order valence-electron chi connectivity index (χ2n) is 4.02. The van der Waals surface area contributed by atoms with Crippen LogP contribution in [0.1, 0.15) is 18.2 Å². The average molecular weight is 347 g/mol. The second-order valence-corrected chi connectivity index (χ2v) is 4.02. The smallest absolute Gasteiger partial charge is 0.496 e. The van der Waals surface area contributed by atoms with Crippen LogP contribution in [0.3, 0.4) is 0 Å². The van der Waals surface area contributed by atoms with Gasteiger partial charge >= 0.3 is 18.5 Å². The van der Waals surface area contributed by atoms with Crippen molar-refractivity contribution in [2.75, 3.05) is 13.7 Å². The van der Waals surface area contributed by atoms with Gasteiger partial charge in [0, 0.05) is 6.07 Å². The topological polar surface area (TPSA) is 57.7 Å². The van der Waals surface area contributed by atoms with Gasteiger partial charge in [-0.2, -0.15) is 13.2 Å². The van der Waals surface area contributed by atoms with Crippen molar-refractivity contribution in [3.8, 4) is 11.6 Å². The minimum atomic E-state index is -5.40. The predicted octanol–water partition coefficient (Wildman–Crippen LogP) is 3.11. The molecule has 0 aliphatic heterocycles. The fourth-order valence-electron chi connectivity index (χ4n) is 1.60. The normalized spacial score (nSPS) is 12.0. The molecule has 0 saturated carbocycles. The number of nitrogens with zero attached hydrogens (tertiary/aromatic N) is 1. The standard InChI is InChI=1S/C12H11F6NO4/c1-3-22-8(20)5-6-4-7(21-2)9(11(13,14)15)10(19-6)23-12(16,17)18/h4H,3,5H2,1-2H3. The number of hydrogen-bond donors (Lipinski definition) is 0. The highest BCUT2D eigenvalue weighted by molar-refractivity contribution is 5.72. The number of ether oxygens (including phenoxy) is 3. The van der Waals surface area contributed by atoms with Crippen LogP contribution in [0.25, 0.3) is 0 Å². The third-order valence-electron chi connectivity index (χ3n) is 2.35. The van der Waals surface area contributed by atoms with E-state index in [9.17, 15) is 31.1 Å². The zero-order valence-electron chi connectivity index (χ0n) is 11.8. The van der Waals surface area contributed by atoms with Gasteiger partial charge in [-0.3, -0.25) is 4.79 Å². The first kappa shape index (κ1) is 18.8. The van der Waals surface area contributed by atoms with Crippen molar-refractivity contribution < 1.29 is 45.3 Å². The lowest BCUT2D eigenvalue weighted by molar-refractivity contribution is -0.278. The van der Waals surface area contributed by atoms with Crippen LogP contribution >= 0.6 is 0 Å². The first-order chi connectivity index (χ1) is 10.5. The Bertz CT molecular complexity index is 570. The maximum Gasteiger partial charge on any atom is 0.574 e. The SMILES string of the molecule is CCOC(=O)Cc1cc(OC)c(C(F)(F)F)c(OC(F)(F)F)n1. The van der Waals surface area contributed by atoms with Gasteiger partial charge in [-0.05, 0) is 6.92 Å². The van der Waals surface area contributed by atoms with Crippen LogP contribution < -0.4 is 9.47 Å². The first-order valence-electron chi connectivity index (χ1n) is 6.04. The summed E-state index contributed by atoms with van der Waals surface area (Å²) >= 11 is 0. The third-order valence-corrected chi connectivity index (χ3v) is 2.35. The van der Waals surface area contributed by atoms with E-state index in [2.05, 4.69) is 19.2 Å². The molecule has 130 valence electrons. The van der Waals surface area contributed by atoms with Crippen molar-refractivity contribution in [2.45, 2.75) is 25.9 Å². The molecule has 1 rings (SSSR count). The van der Waals surface area contributed by atoms with E-state index >= 15 is 0 Å². The Labute approximate surface area is 126 Å². The summed E-state index contributed by atoms with van der Waals surface area (Å²) in [5, 5.41) is 0. The van der Waals surface area contributed by atoms with E-state index in [-0.39, 0.29) is 6.61 Å². The van der Waals surface area contributed by atoms with E-state index in [0.717, 1.165) is 7.11 Å². The van der Waals surface area contributed by atoms with E-state index < -0.39 is 47.8 Å². The Morgan fingerprint density at radius 1 is 1.22 bits per heavy atom. The number of alkyl halides is 6. The van der Waals surface area contributed by atoms with E-state index in [1.807, 2.05) is 0 Å². The molecule has 0 fully saturated rings. The molecular formula is C12H11F6NO4. The molecule has 1 aromatic rings. The van der Waals surface area contributed by atoms with Crippen molar-refractivity contribution >= 4 is 5.97 Å². The summed E-state index contributed by atoms with van der Waals surface area (Å²) in [7, 11) is 0.829. The molecule has 0 unspecified atom stereocenters. The molecule has 0 atom stereocenters. The monoisotopic (exact) mass is 347 g/mol. The van der Waals surface area contributed by atoms with Gasteiger partial charge in [0.15, 0.2) is 5.56 Å². The second kappa shape index (κ2) is 6.92. The van der Waals surface area contributed by atoms with Gasteiger partial charge in [-0.25, -0.2) is 4.98 Å². The largest absolute Gasteiger partial charge is 0.574 e. The number of aromatic nitrogens is 1. The number of pyridine rings is 1. The molecule has 0 aliphatic carbocycles. The summed E-state index contributed by atoms with van der Waals surface area (Å²) in [5.41, 5.74) is -2.25. The fraction of sp³-hybridized carbons (Fsp3) is 0.500. The van der Waals surface area contributed by atoms with Crippen molar-refractivity contribution in [1.82, 2.24) is 4.98 Å². The summed E-state index contributed by atoms with van der Waals surface area (Å²) in [6, 6.07) is 0.697. The van der Waals surface area contributed by atoms with E-state index in [0.29, 0.717) is 6.07 Å². The number of carbonyl (C=O) groups is 1. The molecular weight excluding hydrogens is 336 g/mol. The van der Waals surface area contributed by atoms with Gasteiger partial charge in [0.25, 0.3) is 0 Å². The molecule has 23 heavy (non-hydrogen) atoms. The van der Waals surface area contributed by atoms with Gasteiger partial charge in [-0.1, -0.05) is 0 Å². The Hall–Kier alpha value is -2.20. The molecule has 5 nitrogen and oxygen atoms in total. The van der Waals surface area contributed by atoms with Crippen molar-refractivity contribution in [3.05, 3.63) is 17.3 Å². The number of methoxy groups -OCH3 is 1. The lowest BCUT2D eigenvalue weighted by Gasteiger charge is -2.18. The van der Waals surface area contributed by atoms with Crippen LogP contribution in [0.5, 0.6) is 11.6 Å². The Kier molecular flexibility index (Phi) is 5.67. The molecule has 0 saturated heterocycles. The summed E-state index contributed by atoms with van der Waals surface area (Å²) < 4.78 is 88.0. The molecule has 0 aliphatic rings. The highest BCUT2D eigenvalue weighted by Crippen LogP contribution is 2.43. The summed E-state index contributed by atoms with van der Waals surface area (Å²) in [5.74, 6) is -3.57. The van der Waals surface area contributed by atoms with Crippen LogP contribution in [0.15, 0.2) is 6.07 Å². The van der Waals surface area contributed by atoms with Crippen molar-refractivity contribution in [1.29, 1.82) is 0 Å². The molecule has 0 aromatic carbocycles. The number of halogens is 6. The van der Waals surface area contributed by atoms with Crippen molar-refractivity contribution in [2.24, 2.45) is 0 Å². The highest BCUT2D eigenvalue weighted by Gasteiger charge is 2.43. The maximum absolute atomic E-state index is 12.9. The number of rotatable bonds is 5. The lowest BCUT2D eigenvalue weighted by Crippen LogP contribution is -2.22. The van der Waals surface area contributed by atoms with Gasteiger partial charge in [0.05, 0.1) is 25.8 Å². The van der Waals surface area contributed by atoms with Crippen LogP contribution in [-0.2, 0) is 22.1 Å². The van der Waals surface area contributed by atoms with Gasteiger partial charge in [0.2, 0.25) is 5.88 Å². The lowest BCUT2D eigenvalue weighted by atomic mass is 10.2. The molecule has 1 heterocycles. The highest BCUT2D eigenvalue weighted by atomic mass is 19.4. The quantitative estimate of drug-likeness (QED) is 0.605. The molecule has 0 amide bonds. The molecule has 11 heteroatoms. The van der Waals surface area contributed by atoms with E-state index in [4.69, 9.17) is 0 Å². The minimum Gasteiger partial charge on any atom is -0.496 e. The Balaban J connectivity index is 3.38. The van der Waals surface area contributed by atoms with Gasteiger partial charge in [-0.15, -0.1) is 13.2 Å². The zero-order chi connectivity index (χ0) is 17.8. The van der Waals surface area contributed by atoms with Gasteiger partial charge < -0.3 is 14.2 Å². The van der Waals surface area contributed by atoms with Crippen molar-refractivity contribution in [3.63, 3.8) is 0 Å². The third kappa shape index (κ3) is 5.49. The van der Waals surface area contributed by atoms with E-state index in [1.54, 1.807) is 0 Å². The van der Waals surface area contributed by atoms with Gasteiger partial charge in [0.1, 0.15) is 5.75 Å². The van der Waals surface area contributed by atoms with Crippen LogP contribution in [0, 0.1) is 0 Å². The number of carbonyl (C=O) groups excluding carboxylic acids is 1. The molecule has 0 spiro atoms. The Morgan fingerprint density at radius 3 is 2.26 bits per heavy atom. The zero-order valence-corrected chi connectivity index (χ0v) is 11.8. The summed E-state index contributed by atoms with van der Waals surface area (Å²) in [6.07, 6.45) is -11.3. The molecule has 0 radical (unpaired) electrons.